The molecular formula is C15H21N3O2S. The summed E-state index contributed by atoms with van der Waals surface area (Å²) in [6.45, 7) is 2.42. The Bertz CT molecular complexity index is 616. The highest BCUT2D eigenvalue weighted by Gasteiger charge is 2.24. The minimum atomic E-state index is -3.39. The van der Waals surface area contributed by atoms with Gasteiger partial charge in [-0.05, 0) is 43.5 Å². The molecule has 114 valence electrons. The highest BCUT2D eigenvalue weighted by molar-refractivity contribution is 7.88. The smallest absolute Gasteiger partial charge is 0.218 e. The molecule has 1 aromatic rings. The summed E-state index contributed by atoms with van der Waals surface area (Å²) >= 11 is 0. The van der Waals surface area contributed by atoms with Crippen LogP contribution < -0.4 is 5.32 Å². The number of nitrogens with zero attached hydrogens (tertiary/aromatic N) is 2. The van der Waals surface area contributed by atoms with E-state index in [1.54, 1.807) is 31.3 Å². The molecule has 0 spiro atoms. The molecule has 1 N–H and O–H groups in total. The van der Waals surface area contributed by atoms with Gasteiger partial charge in [0, 0.05) is 13.6 Å². The largest absolute Gasteiger partial charge is 0.316 e. The normalized spacial score (nSPS) is 19.4. The third kappa shape index (κ3) is 4.27. The topological polar surface area (TPSA) is 73.2 Å². The van der Waals surface area contributed by atoms with Gasteiger partial charge in [-0.1, -0.05) is 18.2 Å². The lowest BCUT2D eigenvalue weighted by Gasteiger charge is -2.27. The van der Waals surface area contributed by atoms with Gasteiger partial charge in [0.05, 0.1) is 17.4 Å². The number of hydrogen-bond acceptors (Lipinski definition) is 4. The van der Waals surface area contributed by atoms with Crippen LogP contribution in [-0.4, -0.2) is 39.4 Å². The Morgan fingerprint density at radius 3 is 2.86 bits per heavy atom. The van der Waals surface area contributed by atoms with Crippen molar-refractivity contribution >= 4 is 10.0 Å². The molecule has 1 aliphatic heterocycles. The number of piperidine rings is 1. The van der Waals surface area contributed by atoms with Gasteiger partial charge in [0.2, 0.25) is 10.0 Å². The van der Waals surface area contributed by atoms with Gasteiger partial charge < -0.3 is 5.32 Å². The molecule has 2 rings (SSSR count). The van der Waals surface area contributed by atoms with Crippen molar-refractivity contribution < 1.29 is 8.42 Å². The Hall–Kier alpha value is -1.42. The molecule has 1 heterocycles. The summed E-state index contributed by atoms with van der Waals surface area (Å²) in [5, 5.41) is 12.3. The first-order valence-electron chi connectivity index (χ1n) is 7.15. The van der Waals surface area contributed by atoms with E-state index in [2.05, 4.69) is 5.32 Å². The molecule has 1 saturated heterocycles. The first-order valence-corrected chi connectivity index (χ1v) is 8.76. The van der Waals surface area contributed by atoms with Crippen molar-refractivity contribution in [2.75, 3.05) is 26.7 Å². The summed E-state index contributed by atoms with van der Waals surface area (Å²) in [6, 6.07) is 8.90. The van der Waals surface area contributed by atoms with Gasteiger partial charge in [-0.2, -0.15) is 5.26 Å². The van der Waals surface area contributed by atoms with E-state index in [9.17, 15) is 8.42 Å². The number of nitrogens with one attached hydrogen (secondary N) is 1. The van der Waals surface area contributed by atoms with Gasteiger partial charge in [-0.3, -0.25) is 0 Å². The van der Waals surface area contributed by atoms with Crippen LogP contribution in [0.3, 0.4) is 0 Å². The molecule has 1 aliphatic rings. The summed E-state index contributed by atoms with van der Waals surface area (Å²) in [6.07, 6.45) is 2.15. The Morgan fingerprint density at radius 1 is 1.43 bits per heavy atom. The fourth-order valence-electron chi connectivity index (χ4n) is 2.62. The highest BCUT2D eigenvalue weighted by Crippen LogP contribution is 2.17. The molecule has 0 aromatic heterocycles. The number of sulfonamides is 1. The lowest BCUT2D eigenvalue weighted by atomic mass is 10.00. The van der Waals surface area contributed by atoms with Gasteiger partial charge in [-0.25, -0.2) is 12.7 Å². The van der Waals surface area contributed by atoms with Crippen molar-refractivity contribution in [2.45, 2.75) is 18.6 Å². The standard InChI is InChI=1S/C15H21N3O2S/c1-18(11-13-5-4-8-17-10-13)21(19,20)12-15-7-3-2-6-14(15)9-16/h2-3,6-7,13,17H,4-5,8,10-12H2,1H3. The first kappa shape index (κ1) is 16.0. The van der Waals surface area contributed by atoms with E-state index in [1.165, 1.54) is 4.31 Å². The molecule has 0 amide bonds. The molecule has 0 aliphatic carbocycles. The van der Waals surface area contributed by atoms with Crippen LogP contribution in [0.15, 0.2) is 24.3 Å². The van der Waals surface area contributed by atoms with Crippen molar-refractivity contribution in [3.63, 3.8) is 0 Å². The van der Waals surface area contributed by atoms with E-state index in [0.29, 0.717) is 23.6 Å². The summed E-state index contributed by atoms with van der Waals surface area (Å²) in [7, 11) is -1.77. The molecule has 1 unspecified atom stereocenters. The maximum absolute atomic E-state index is 12.4. The SMILES string of the molecule is CN(CC1CCCNC1)S(=O)(=O)Cc1ccccc1C#N. The van der Waals surface area contributed by atoms with E-state index in [4.69, 9.17) is 5.26 Å². The zero-order valence-electron chi connectivity index (χ0n) is 12.2. The minimum Gasteiger partial charge on any atom is -0.316 e. The molecule has 6 heteroatoms. The molecule has 1 aromatic carbocycles. The molecule has 1 atom stereocenters. The maximum Gasteiger partial charge on any atom is 0.218 e. The second kappa shape index (κ2) is 7.03. The summed E-state index contributed by atoms with van der Waals surface area (Å²) in [5.74, 6) is 0.248. The van der Waals surface area contributed by atoms with Crippen LogP contribution in [0.1, 0.15) is 24.0 Å². The van der Waals surface area contributed by atoms with Crippen molar-refractivity contribution in [2.24, 2.45) is 5.92 Å². The van der Waals surface area contributed by atoms with Gasteiger partial charge in [0.25, 0.3) is 0 Å². The Balaban J connectivity index is 2.05. The third-order valence-corrected chi connectivity index (χ3v) is 5.64. The van der Waals surface area contributed by atoms with Crippen molar-refractivity contribution in [1.82, 2.24) is 9.62 Å². The van der Waals surface area contributed by atoms with Crippen LogP contribution in [0, 0.1) is 17.2 Å². The van der Waals surface area contributed by atoms with Crippen LogP contribution >= 0.6 is 0 Å². The molecule has 1 fully saturated rings. The van der Waals surface area contributed by atoms with E-state index in [0.717, 1.165) is 25.9 Å². The van der Waals surface area contributed by atoms with Gasteiger partial charge in [0.15, 0.2) is 0 Å². The molecule has 0 bridgehead atoms. The van der Waals surface area contributed by atoms with E-state index in [1.807, 2.05) is 6.07 Å². The molecule has 0 saturated carbocycles. The van der Waals surface area contributed by atoms with Gasteiger partial charge in [-0.15, -0.1) is 0 Å². The fraction of sp³-hybridized carbons (Fsp3) is 0.533. The predicted molar refractivity (Wildman–Crippen MR) is 82.0 cm³/mol. The molecular weight excluding hydrogens is 286 g/mol. The third-order valence-electron chi connectivity index (χ3n) is 3.86. The molecule has 5 nitrogen and oxygen atoms in total. The van der Waals surface area contributed by atoms with Gasteiger partial charge >= 0.3 is 0 Å². The van der Waals surface area contributed by atoms with E-state index in [-0.39, 0.29) is 5.75 Å². The predicted octanol–water partition coefficient (Wildman–Crippen LogP) is 1.32. The zero-order valence-corrected chi connectivity index (χ0v) is 13.1. The number of rotatable bonds is 5. The summed E-state index contributed by atoms with van der Waals surface area (Å²) < 4.78 is 26.3. The number of benzene rings is 1. The van der Waals surface area contributed by atoms with Crippen LogP contribution in [0.25, 0.3) is 0 Å². The Labute approximate surface area is 126 Å². The Morgan fingerprint density at radius 2 is 2.19 bits per heavy atom. The minimum absolute atomic E-state index is 0.118. The maximum atomic E-state index is 12.4. The lowest BCUT2D eigenvalue weighted by molar-refractivity contribution is 0.314. The second-order valence-electron chi connectivity index (χ2n) is 5.52. The lowest BCUT2D eigenvalue weighted by Crippen LogP contribution is -2.39. The average Bonchev–Trinajstić information content (AvgIpc) is 2.48. The van der Waals surface area contributed by atoms with Crippen molar-refractivity contribution in [3.8, 4) is 6.07 Å². The van der Waals surface area contributed by atoms with Gasteiger partial charge in [0.1, 0.15) is 0 Å². The second-order valence-corrected chi connectivity index (χ2v) is 7.59. The quantitative estimate of drug-likeness (QED) is 0.890. The molecule has 0 radical (unpaired) electrons. The van der Waals surface area contributed by atoms with E-state index >= 15 is 0 Å². The number of hydrogen-bond donors (Lipinski definition) is 1. The number of nitriles is 1. The van der Waals surface area contributed by atoms with Crippen molar-refractivity contribution in [3.05, 3.63) is 35.4 Å². The summed E-state index contributed by atoms with van der Waals surface area (Å²) in [5.41, 5.74) is 0.988. The van der Waals surface area contributed by atoms with Crippen molar-refractivity contribution in [1.29, 1.82) is 5.26 Å². The van der Waals surface area contributed by atoms with Crippen LogP contribution in [0.2, 0.25) is 0 Å². The van der Waals surface area contributed by atoms with Crippen LogP contribution in [0.5, 0.6) is 0 Å². The highest BCUT2D eigenvalue weighted by atomic mass is 32.2. The monoisotopic (exact) mass is 307 g/mol. The summed E-state index contributed by atoms with van der Waals surface area (Å²) in [4.78, 5) is 0. The fourth-order valence-corrected chi connectivity index (χ4v) is 3.92. The zero-order chi connectivity index (χ0) is 15.3. The van der Waals surface area contributed by atoms with Crippen LogP contribution in [-0.2, 0) is 15.8 Å². The van der Waals surface area contributed by atoms with E-state index < -0.39 is 10.0 Å². The first-order chi connectivity index (χ1) is 10.0. The average molecular weight is 307 g/mol. The Kier molecular flexibility index (Phi) is 5.34. The van der Waals surface area contributed by atoms with Crippen LogP contribution in [0.4, 0.5) is 0 Å². The molecule has 21 heavy (non-hydrogen) atoms.